The highest BCUT2D eigenvalue weighted by Crippen LogP contribution is 2.18. The average Bonchev–Trinajstić information content (AvgIpc) is 2.28. The van der Waals surface area contributed by atoms with Gasteiger partial charge in [0, 0.05) is 6.04 Å². The van der Waals surface area contributed by atoms with Crippen molar-refractivity contribution in [2.45, 2.75) is 39.2 Å². The van der Waals surface area contributed by atoms with Gasteiger partial charge in [-0.25, -0.2) is 4.39 Å². The first-order valence-corrected chi connectivity index (χ1v) is 6.64. The summed E-state index contributed by atoms with van der Waals surface area (Å²) in [6.07, 6.45) is 3.23. The Morgan fingerprint density at radius 1 is 1.38 bits per heavy atom. The van der Waals surface area contributed by atoms with Crippen molar-refractivity contribution in [2.24, 2.45) is 0 Å². The Morgan fingerprint density at radius 2 is 2.12 bits per heavy atom. The van der Waals surface area contributed by atoms with Crippen molar-refractivity contribution in [3.8, 4) is 0 Å². The second-order valence-electron chi connectivity index (χ2n) is 3.95. The van der Waals surface area contributed by atoms with Gasteiger partial charge in [-0.15, -0.1) is 0 Å². The van der Waals surface area contributed by atoms with Crippen LogP contribution >= 0.6 is 15.9 Å². The monoisotopic (exact) mass is 287 g/mol. The van der Waals surface area contributed by atoms with Gasteiger partial charge >= 0.3 is 0 Å². The van der Waals surface area contributed by atoms with Crippen LogP contribution in [0.25, 0.3) is 0 Å². The molecule has 0 spiro atoms. The van der Waals surface area contributed by atoms with Crippen molar-refractivity contribution in [2.75, 3.05) is 6.54 Å². The van der Waals surface area contributed by atoms with Gasteiger partial charge in [-0.2, -0.15) is 0 Å². The molecule has 1 aromatic carbocycles. The van der Waals surface area contributed by atoms with Crippen LogP contribution in [0.2, 0.25) is 0 Å². The normalized spacial score (nSPS) is 12.8. The lowest BCUT2D eigenvalue weighted by atomic mass is 10.0. The molecule has 0 aliphatic carbocycles. The lowest BCUT2D eigenvalue weighted by molar-refractivity contribution is 0.481. The standard InChI is InChI=1S/C13H19BrFN/c1-3-11(16-4-2)7-5-10-6-8-13(15)12(14)9-10/h6,8-9,11,16H,3-5,7H2,1-2H3. The average molecular weight is 288 g/mol. The van der Waals surface area contributed by atoms with Crippen LogP contribution in [0.4, 0.5) is 4.39 Å². The van der Waals surface area contributed by atoms with Gasteiger partial charge in [0.05, 0.1) is 4.47 Å². The molecule has 0 aliphatic heterocycles. The smallest absolute Gasteiger partial charge is 0.137 e. The van der Waals surface area contributed by atoms with Crippen molar-refractivity contribution in [3.05, 3.63) is 34.1 Å². The molecule has 0 saturated heterocycles. The predicted molar refractivity (Wildman–Crippen MR) is 70.2 cm³/mol. The Labute approximate surface area is 106 Å². The number of hydrogen-bond acceptors (Lipinski definition) is 1. The van der Waals surface area contributed by atoms with E-state index in [9.17, 15) is 4.39 Å². The van der Waals surface area contributed by atoms with E-state index < -0.39 is 0 Å². The predicted octanol–water partition coefficient (Wildman–Crippen LogP) is 3.91. The molecule has 1 N–H and O–H groups in total. The minimum Gasteiger partial charge on any atom is -0.314 e. The molecule has 1 rings (SSSR count). The van der Waals surface area contributed by atoms with Crippen molar-refractivity contribution in [3.63, 3.8) is 0 Å². The molecule has 1 unspecified atom stereocenters. The first-order valence-electron chi connectivity index (χ1n) is 5.84. The molecule has 1 nitrogen and oxygen atoms in total. The van der Waals surface area contributed by atoms with E-state index in [0.717, 1.165) is 25.8 Å². The molecule has 1 aromatic rings. The highest BCUT2D eigenvalue weighted by molar-refractivity contribution is 9.10. The summed E-state index contributed by atoms with van der Waals surface area (Å²) in [5.74, 6) is -0.192. The molecule has 0 radical (unpaired) electrons. The van der Waals surface area contributed by atoms with Crippen LogP contribution in [-0.4, -0.2) is 12.6 Å². The van der Waals surface area contributed by atoms with Crippen molar-refractivity contribution in [1.82, 2.24) is 5.32 Å². The molecule has 1 atom stereocenters. The first-order chi connectivity index (χ1) is 7.67. The summed E-state index contributed by atoms with van der Waals surface area (Å²) in [4.78, 5) is 0. The molecule has 0 fully saturated rings. The topological polar surface area (TPSA) is 12.0 Å². The maximum absolute atomic E-state index is 13.0. The molecule has 0 bridgehead atoms. The summed E-state index contributed by atoms with van der Waals surface area (Å²) in [7, 11) is 0. The van der Waals surface area contributed by atoms with Crippen LogP contribution in [-0.2, 0) is 6.42 Å². The fourth-order valence-corrected chi connectivity index (χ4v) is 2.20. The highest BCUT2D eigenvalue weighted by Gasteiger charge is 2.06. The largest absolute Gasteiger partial charge is 0.314 e. The van der Waals surface area contributed by atoms with E-state index in [0.29, 0.717) is 10.5 Å². The molecule has 90 valence electrons. The van der Waals surface area contributed by atoms with Gasteiger partial charge in [-0.3, -0.25) is 0 Å². The lowest BCUT2D eigenvalue weighted by Crippen LogP contribution is -2.28. The summed E-state index contributed by atoms with van der Waals surface area (Å²) < 4.78 is 13.6. The van der Waals surface area contributed by atoms with E-state index in [1.807, 2.05) is 12.1 Å². The fraction of sp³-hybridized carbons (Fsp3) is 0.538. The van der Waals surface area contributed by atoms with Gasteiger partial charge in [0.2, 0.25) is 0 Å². The zero-order valence-corrected chi connectivity index (χ0v) is 11.5. The summed E-state index contributed by atoms with van der Waals surface area (Å²) in [6.45, 7) is 5.32. The summed E-state index contributed by atoms with van der Waals surface area (Å²) in [5, 5.41) is 3.44. The Balaban J connectivity index is 2.50. The third kappa shape index (κ3) is 4.22. The first kappa shape index (κ1) is 13.7. The highest BCUT2D eigenvalue weighted by atomic mass is 79.9. The van der Waals surface area contributed by atoms with Gasteiger partial charge in [0.15, 0.2) is 0 Å². The van der Waals surface area contributed by atoms with E-state index in [2.05, 4.69) is 35.1 Å². The maximum Gasteiger partial charge on any atom is 0.137 e. The maximum atomic E-state index is 13.0. The molecule has 0 aliphatic rings. The van der Waals surface area contributed by atoms with Crippen molar-refractivity contribution in [1.29, 1.82) is 0 Å². The van der Waals surface area contributed by atoms with Crippen LogP contribution in [0.1, 0.15) is 32.3 Å². The Hall–Kier alpha value is -0.410. The van der Waals surface area contributed by atoms with Crippen LogP contribution in [0.15, 0.2) is 22.7 Å². The summed E-state index contributed by atoms with van der Waals surface area (Å²) in [5.41, 5.74) is 1.18. The minimum absolute atomic E-state index is 0.192. The van der Waals surface area contributed by atoms with Crippen molar-refractivity contribution < 1.29 is 4.39 Å². The molecule has 3 heteroatoms. The molecule has 0 saturated carbocycles. The molecule has 0 amide bonds. The Bertz CT molecular complexity index is 328. The minimum atomic E-state index is -0.192. The molecular formula is C13H19BrFN. The van der Waals surface area contributed by atoms with Crippen LogP contribution in [0.5, 0.6) is 0 Å². The number of hydrogen-bond donors (Lipinski definition) is 1. The van der Waals surface area contributed by atoms with E-state index in [1.165, 1.54) is 11.6 Å². The lowest BCUT2D eigenvalue weighted by Gasteiger charge is -2.15. The van der Waals surface area contributed by atoms with E-state index in [4.69, 9.17) is 0 Å². The fourth-order valence-electron chi connectivity index (χ4n) is 1.78. The van der Waals surface area contributed by atoms with E-state index in [-0.39, 0.29) is 5.82 Å². The number of benzene rings is 1. The van der Waals surface area contributed by atoms with E-state index >= 15 is 0 Å². The van der Waals surface area contributed by atoms with Gasteiger partial charge < -0.3 is 5.32 Å². The van der Waals surface area contributed by atoms with Gasteiger partial charge in [0.1, 0.15) is 5.82 Å². The quantitative estimate of drug-likeness (QED) is 0.837. The molecule has 0 heterocycles. The number of aryl methyl sites for hydroxylation is 1. The third-order valence-electron chi connectivity index (χ3n) is 2.75. The summed E-state index contributed by atoms with van der Waals surface area (Å²) >= 11 is 3.21. The molecule has 16 heavy (non-hydrogen) atoms. The second-order valence-corrected chi connectivity index (χ2v) is 4.80. The van der Waals surface area contributed by atoms with Crippen LogP contribution in [0.3, 0.4) is 0 Å². The zero-order valence-electron chi connectivity index (χ0n) is 9.89. The Kier molecular flexibility index (Phi) is 5.99. The second kappa shape index (κ2) is 7.02. The number of nitrogens with one attached hydrogen (secondary N) is 1. The van der Waals surface area contributed by atoms with Crippen LogP contribution < -0.4 is 5.32 Å². The third-order valence-corrected chi connectivity index (χ3v) is 3.36. The molecule has 0 aromatic heterocycles. The number of rotatable bonds is 6. The SMILES string of the molecule is CCNC(CC)CCc1ccc(F)c(Br)c1. The Morgan fingerprint density at radius 3 is 2.69 bits per heavy atom. The zero-order chi connectivity index (χ0) is 12.0. The van der Waals surface area contributed by atoms with Gasteiger partial charge in [-0.1, -0.05) is 19.9 Å². The van der Waals surface area contributed by atoms with E-state index in [1.54, 1.807) is 0 Å². The van der Waals surface area contributed by atoms with Gasteiger partial charge in [0.25, 0.3) is 0 Å². The van der Waals surface area contributed by atoms with Crippen LogP contribution in [0, 0.1) is 5.82 Å². The van der Waals surface area contributed by atoms with Gasteiger partial charge in [-0.05, 0) is 59.4 Å². The molecular weight excluding hydrogens is 269 g/mol. The van der Waals surface area contributed by atoms with Crippen molar-refractivity contribution >= 4 is 15.9 Å². The number of halogens is 2. The summed E-state index contributed by atoms with van der Waals surface area (Å²) in [6, 6.07) is 5.81.